The van der Waals surface area contributed by atoms with Crippen LogP contribution in [0.25, 0.3) is 0 Å². The number of aliphatic hydroxyl groups is 1. The van der Waals surface area contributed by atoms with Gasteiger partial charge in [-0.15, -0.1) is 0 Å². The highest BCUT2D eigenvalue weighted by molar-refractivity contribution is 5.26. The highest BCUT2D eigenvalue weighted by Crippen LogP contribution is 2.55. The topological polar surface area (TPSA) is 57.2 Å². The van der Waals surface area contributed by atoms with E-state index in [-0.39, 0.29) is 6.61 Å². The van der Waals surface area contributed by atoms with Crippen LogP contribution in [0, 0.1) is 5.92 Å². The van der Waals surface area contributed by atoms with Crippen LogP contribution in [0.5, 0.6) is 0 Å². The van der Waals surface area contributed by atoms with Crippen LogP contribution in [0.4, 0.5) is 0 Å². The zero-order valence-corrected chi connectivity index (χ0v) is 13.5. The quantitative estimate of drug-likeness (QED) is 0.868. The molecule has 1 aromatic carbocycles. The zero-order chi connectivity index (χ0) is 15.9. The summed E-state index contributed by atoms with van der Waals surface area (Å²) in [6.07, 6.45) is 5.72. The number of ether oxygens (including phenoxy) is 2. The van der Waals surface area contributed by atoms with Crippen LogP contribution in [0.1, 0.15) is 49.7 Å². The lowest BCUT2D eigenvalue weighted by atomic mass is 9.73. The molecule has 1 aromatic rings. The Balaban J connectivity index is 1.70. The molecular weight excluding hydrogens is 296 g/mol. The predicted octanol–water partition coefficient (Wildman–Crippen LogP) is 3.01. The summed E-state index contributed by atoms with van der Waals surface area (Å²) in [5.41, 5.74) is 1.30. The van der Waals surface area contributed by atoms with Crippen LogP contribution in [0.2, 0.25) is 0 Å². The van der Waals surface area contributed by atoms with E-state index in [1.165, 1.54) is 6.42 Å². The maximum Gasteiger partial charge on any atom is 0.230 e. The highest BCUT2D eigenvalue weighted by Gasteiger charge is 2.61. The largest absolute Gasteiger partial charge is 0.392 e. The summed E-state index contributed by atoms with van der Waals surface area (Å²) in [7, 11) is 1.68. The number of rotatable bonds is 3. The average molecular weight is 320 g/mol. The summed E-state index contributed by atoms with van der Waals surface area (Å²) >= 11 is 0. The molecule has 5 nitrogen and oxygen atoms in total. The molecule has 3 saturated heterocycles. The van der Waals surface area contributed by atoms with Crippen LogP contribution in [0.3, 0.4) is 0 Å². The molecule has 1 unspecified atom stereocenters. The molecule has 4 fully saturated rings. The van der Waals surface area contributed by atoms with E-state index in [4.69, 9.17) is 19.2 Å². The second kappa shape index (κ2) is 5.83. The van der Waals surface area contributed by atoms with Gasteiger partial charge in [0.25, 0.3) is 0 Å². The fraction of sp³-hybridized carbons (Fsp3) is 0.667. The molecule has 0 aromatic heterocycles. The molecule has 3 aliphatic heterocycles. The molecule has 0 radical (unpaired) electrons. The van der Waals surface area contributed by atoms with Crippen molar-refractivity contribution in [2.75, 3.05) is 7.11 Å². The lowest BCUT2D eigenvalue weighted by molar-refractivity contribution is -0.558. The maximum atomic E-state index is 9.23. The second-order valence-corrected chi connectivity index (χ2v) is 6.90. The molecule has 1 aliphatic carbocycles. The molecule has 2 bridgehead atoms. The third-order valence-corrected chi connectivity index (χ3v) is 5.70. The van der Waals surface area contributed by atoms with Crippen molar-refractivity contribution in [3.05, 3.63) is 35.4 Å². The third-order valence-electron chi connectivity index (χ3n) is 5.70. The first-order chi connectivity index (χ1) is 11.2. The molecule has 5 rings (SSSR count). The van der Waals surface area contributed by atoms with E-state index in [0.717, 1.165) is 43.2 Å². The van der Waals surface area contributed by atoms with Crippen molar-refractivity contribution in [2.24, 2.45) is 5.92 Å². The lowest BCUT2D eigenvalue weighted by Gasteiger charge is -2.49. The first kappa shape index (κ1) is 15.5. The highest BCUT2D eigenvalue weighted by atomic mass is 17.3. The van der Waals surface area contributed by atoms with Gasteiger partial charge in [0.2, 0.25) is 5.79 Å². The average Bonchev–Trinajstić information content (AvgIpc) is 2.88. The first-order valence-electron chi connectivity index (χ1n) is 8.50. The normalized spacial score (nSPS) is 39.7. The Morgan fingerprint density at radius 3 is 2.70 bits per heavy atom. The standard InChI is InChI=1S/C18H24O5/c1-20-16-17-10-3-2-4-14(17)9-11-18(21-16,23-22-17)15-7-5-13(12-19)6-8-15/h5-8,14,16,19H,2-4,9-12H2,1H3/t14-,16-,17?,18-/m1/s1. The summed E-state index contributed by atoms with van der Waals surface area (Å²) in [5.74, 6) is -0.514. The van der Waals surface area contributed by atoms with Gasteiger partial charge in [-0.2, -0.15) is 4.89 Å². The number of methoxy groups -OCH3 is 1. The second-order valence-electron chi connectivity index (χ2n) is 6.90. The van der Waals surface area contributed by atoms with E-state index in [1.807, 2.05) is 24.3 Å². The molecule has 5 heteroatoms. The van der Waals surface area contributed by atoms with Gasteiger partial charge in [0, 0.05) is 19.1 Å². The molecule has 1 spiro atoms. The molecule has 4 atom stereocenters. The summed E-state index contributed by atoms with van der Waals surface area (Å²) in [6, 6.07) is 7.66. The van der Waals surface area contributed by atoms with Crippen molar-refractivity contribution in [3.8, 4) is 0 Å². The van der Waals surface area contributed by atoms with Gasteiger partial charge in [-0.25, -0.2) is 4.89 Å². The number of hydrogen-bond donors (Lipinski definition) is 1. The van der Waals surface area contributed by atoms with Crippen molar-refractivity contribution in [3.63, 3.8) is 0 Å². The molecule has 23 heavy (non-hydrogen) atoms. The van der Waals surface area contributed by atoms with Crippen molar-refractivity contribution >= 4 is 0 Å². The molecule has 1 saturated carbocycles. The maximum absolute atomic E-state index is 9.23. The summed E-state index contributed by atoms with van der Waals surface area (Å²) in [6.45, 7) is 0.0252. The number of benzene rings is 1. The number of aliphatic hydroxyl groups excluding tert-OH is 1. The van der Waals surface area contributed by atoms with Gasteiger partial charge in [0.15, 0.2) is 11.9 Å². The summed E-state index contributed by atoms with van der Waals surface area (Å²) in [4.78, 5) is 11.9. The molecule has 1 N–H and O–H groups in total. The molecule has 126 valence electrons. The third kappa shape index (κ3) is 2.34. The van der Waals surface area contributed by atoms with Crippen LogP contribution in [0.15, 0.2) is 24.3 Å². The zero-order valence-electron chi connectivity index (χ0n) is 13.5. The van der Waals surface area contributed by atoms with Crippen molar-refractivity contribution in [1.82, 2.24) is 0 Å². The molecular formula is C18H24O5. The lowest BCUT2D eigenvalue weighted by Crippen LogP contribution is -2.59. The minimum absolute atomic E-state index is 0.0252. The van der Waals surface area contributed by atoms with E-state index in [0.29, 0.717) is 5.92 Å². The van der Waals surface area contributed by atoms with E-state index < -0.39 is 17.7 Å². The van der Waals surface area contributed by atoms with Crippen LogP contribution in [-0.4, -0.2) is 24.1 Å². The fourth-order valence-electron chi connectivity index (χ4n) is 4.36. The minimum atomic E-state index is -0.919. The SMILES string of the molecule is CO[C@@H]1O[C@]2(c3ccc(CO)cc3)CC[C@H]3CCCCC31OO2. The molecule has 0 amide bonds. The Morgan fingerprint density at radius 2 is 1.96 bits per heavy atom. The van der Waals surface area contributed by atoms with Crippen molar-refractivity contribution in [2.45, 2.75) is 62.8 Å². The minimum Gasteiger partial charge on any atom is -0.392 e. The van der Waals surface area contributed by atoms with Crippen molar-refractivity contribution < 1.29 is 24.4 Å². The fourth-order valence-corrected chi connectivity index (χ4v) is 4.36. The van der Waals surface area contributed by atoms with E-state index >= 15 is 0 Å². The number of hydrogen-bond acceptors (Lipinski definition) is 5. The van der Waals surface area contributed by atoms with Crippen LogP contribution in [-0.2, 0) is 31.6 Å². The van der Waals surface area contributed by atoms with Crippen molar-refractivity contribution in [1.29, 1.82) is 0 Å². The Hall–Kier alpha value is -0.980. The van der Waals surface area contributed by atoms with Gasteiger partial charge in [0.1, 0.15) is 0 Å². The van der Waals surface area contributed by atoms with Gasteiger partial charge in [-0.3, -0.25) is 0 Å². The van der Waals surface area contributed by atoms with E-state index in [1.54, 1.807) is 7.11 Å². The van der Waals surface area contributed by atoms with Gasteiger partial charge in [-0.1, -0.05) is 37.1 Å². The molecule has 4 aliphatic rings. The Kier molecular flexibility index (Phi) is 3.94. The summed E-state index contributed by atoms with van der Waals surface area (Å²) in [5, 5.41) is 9.23. The smallest absolute Gasteiger partial charge is 0.230 e. The number of fused-ring (bicyclic) bond motifs is 3. The van der Waals surface area contributed by atoms with Gasteiger partial charge in [-0.05, 0) is 30.7 Å². The summed E-state index contributed by atoms with van der Waals surface area (Å²) < 4.78 is 12.0. The predicted molar refractivity (Wildman–Crippen MR) is 82.0 cm³/mol. The Labute approximate surface area is 136 Å². The molecule has 3 heterocycles. The van der Waals surface area contributed by atoms with E-state index in [2.05, 4.69) is 0 Å². The van der Waals surface area contributed by atoms with Gasteiger partial charge < -0.3 is 14.6 Å². The van der Waals surface area contributed by atoms with E-state index in [9.17, 15) is 5.11 Å². The Bertz CT molecular complexity index is 555. The first-order valence-corrected chi connectivity index (χ1v) is 8.50. The van der Waals surface area contributed by atoms with Gasteiger partial charge in [0.05, 0.1) is 6.61 Å². The van der Waals surface area contributed by atoms with Crippen LogP contribution < -0.4 is 0 Å². The van der Waals surface area contributed by atoms with Crippen LogP contribution >= 0.6 is 0 Å². The monoisotopic (exact) mass is 320 g/mol. The Morgan fingerprint density at radius 1 is 1.13 bits per heavy atom. The van der Waals surface area contributed by atoms with Gasteiger partial charge >= 0.3 is 0 Å².